The third kappa shape index (κ3) is 9.00. The lowest BCUT2D eigenvalue weighted by Crippen LogP contribution is -2.10. The Kier molecular flexibility index (Phi) is 5.79. The number of halogens is 5. The Morgan fingerprint density at radius 3 is 1.56 bits per heavy atom. The number of benzene rings is 1. The molecule has 16 heavy (non-hydrogen) atoms. The predicted molar refractivity (Wildman–Crippen MR) is 69.2 cm³/mol. The van der Waals surface area contributed by atoms with E-state index in [1.165, 1.54) is 9.13 Å². The van der Waals surface area contributed by atoms with Crippen LogP contribution in [0.1, 0.15) is 27.8 Å². The van der Waals surface area contributed by atoms with E-state index in [1.54, 1.807) is 0 Å². The molecule has 1 rings (SSSR count). The summed E-state index contributed by atoms with van der Waals surface area (Å²) in [4.78, 5) is 0. The second kappa shape index (κ2) is 5.88. The van der Waals surface area contributed by atoms with Gasteiger partial charge in [0.05, 0.1) is 0 Å². The summed E-state index contributed by atoms with van der Waals surface area (Å²) in [5.74, 6) is 0. The summed E-state index contributed by atoms with van der Waals surface area (Å²) in [7, 11) is -6.00. The number of hydrogen-bond acceptors (Lipinski definition) is 0. The summed E-state index contributed by atoms with van der Waals surface area (Å²) < 4.78 is 40.3. The summed E-state index contributed by atoms with van der Waals surface area (Å²) in [6, 6.07) is 8.70. The van der Waals surface area contributed by atoms with Crippen LogP contribution in [0.5, 0.6) is 0 Å². The molecule has 1 aromatic carbocycles. The van der Waals surface area contributed by atoms with Crippen LogP contribution in [0.2, 0.25) is 0 Å². The molecule has 1 aromatic rings. The van der Waals surface area contributed by atoms with E-state index in [2.05, 4.69) is 67.6 Å². The van der Waals surface area contributed by atoms with E-state index in [-0.39, 0.29) is 6.84 Å². The van der Waals surface area contributed by atoms with Gasteiger partial charge in [-0.25, -0.2) is 0 Å². The van der Waals surface area contributed by atoms with Crippen LogP contribution < -0.4 is 0 Å². The van der Waals surface area contributed by atoms with Crippen molar-refractivity contribution >= 4 is 29.8 Å². The van der Waals surface area contributed by atoms with Crippen molar-refractivity contribution in [2.75, 3.05) is 0 Å². The Labute approximate surface area is 108 Å². The standard InChI is InChI=1S/C10H13I.BF4/c1-10(2,3)8-4-6-9(11)7-5-8;2-1(3,4)5/h4-7H,1-3H3;/q;-1/p+1. The molecule has 0 saturated heterocycles. The average Bonchev–Trinajstić information content (AvgIpc) is 1.99. The molecule has 0 aromatic heterocycles. The lowest BCUT2D eigenvalue weighted by molar-refractivity contribution is 0.368. The van der Waals surface area contributed by atoms with Gasteiger partial charge < -0.3 is 17.3 Å². The minimum absolute atomic E-state index is 0. The largest absolute Gasteiger partial charge is 1.00 e. The first-order valence-corrected chi connectivity index (χ1v) is 5.71. The Morgan fingerprint density at radius 2 is 1.31 bits per heavy atom. The van der Waals surface area contributed by atoms with Crippen LogP contribution in [-0.2, 0) is 5.41 Å². The quantitative estimate of drug-likeness (QED) is 0.352. The van der Waals surface area contributed by atoms with Gasteiger partial charge in [0.1, 0.15) is 0 Å². The van der Waals surface area contributed by atoms with Crippen LogP contribution in [0, 0.1) is 3.57 Å². The Morgan fingerprint density at radius 1 is 1.00 bits per heavy atom. The highest BCUT2D eigenvalue weighted by atomic mass is 127. The molecule has 0 unspecified atom stereocenters. The van der Waals surface area contributed by atoms with Gasteiger partial charge in [0.15, 0.2) is 0 Å². The zero-order valence-corrected chi connectivity index (χ0v) is 11.4. The molecule has 0 bridgehead atoms. The van der Waals surface area contributed by atoms with Crippen LogP contribution in [0.4, 0.5) is 17.3 Å². The third-order valence-corrected chi connectivity index (χ3v) is 2.43. The highest BCUT2D eigenvalue weighted by molar-refractivity contribution is 14.1. The van der Waals surface area contributed by atoms with Crippen molar-refractivity contribution in [3.8, 4) is 0 Å². The number of rotatable bonds is 0. The van der Waals surface area contributed by atoms with Crippen LogP contribution >= 0.6 is 22.6 Å². The van der Waals surface area contributed by atoms with E-state index in [0.717, 1.165) is 0 Å². The maximum absolute atomic E-state index is 9.75. The minimum atomic E-state index is -6.00. The molecule has 0 aliphatic heterocycles. The highest BCUT2D eigenvalue weighted by Crippen LogP contribution is 2.22. The zero-order chi connectivity index (χ0) is 13.0. The summed E-state index contributed by atoms with van der Waals surface area (Å²) in [6.45, 7) is 6.69. The van der Waals surface area contributed by atoms with E-state index < -0.39 is 7.25 Å². The van der Waals surface area contributed by atoms with Crippen LogP contribution in [0.15, 0.2) is 24.3 Å². The predicted octanol–water partition coefficient (Wildman–Crippen LogP) is 5.00. The topological polar surface area (TPSA) is 0 Å². The fraction of sp³-hybridized carbons (Fsp3) is 0.400. The van der Waals surface area contributed by atoms with Gasteiger partial charge in [-0.2, -0.15) is 0 Å². The fourth-order valence-electron chi connectivity index (χ4n) is 0.950. The lowest BCUT2D eigenvalue weighted by atomic mass is 9.87. The molecule has 0 spiro atoms. The highest BCUT2D eigenvalue weighted by Gasteiger charge is 2.20. The first-order chi connectivity index (χ1) is 7.00. The molecule has 0 aliphatic rings. The van der Waals surface area contributed by atoms with Gasteiger partial charge in [-0.05, 0) is 45.7 Å². The molecule has 0 saturated carbocycles. The van der Waals surface area contributed by atoms with Gasteiger partial charge in [0, 0.05) is 3.57 Å². The molecule has 0 amide bonds. The van der Waals surface area contributed by atoms with E-state index in [1.807, 2.05) is 0 Å². The first kappa shape index (κ1) is 15.7. The van der Waals surface area contributed by atoms with Gasteiger partial charge in [-0.1, -0.05) is 32.9 Å². The normalized spacial score (nSPS) is 11.8. The molecular weight excluding hydrogens is 334 g/mol. The van der Waals surface area contributed by atoms with Crippen molar-refractivity contribution in [1.29, 1.82) is 0 Å². The monoisotopic (exact) mass is 348 g/mol. The Balaban J connectivity index is 0. The SMILES string of the molecule is CC(C)(C)c1ccc(I)cc1.F[B-](F)(F)F.[H+]. The van der Waals surface area contributed by atoms with Crippen molar-refractivity contribution in [3.05, 3.63) is 33.4 Å². The van der Waals surface area contributed by atoms with E-state index in [4.69, 9.17) is 0 Å². The molecule has 6 heteroatoms. The maximum Gasteiger partial charge on any atom is 1.00 e. The zero-order valence-electron chi connectivity index (χ0n) is 10.3. The van der Waals surface area contributed by atoms with E-state index >= 15 is 0 Å². The number of hydrogen-bond donors (Lipinski definition) is 0. The second-order valence-electron chi connectivity index (χ2n) is 4.25. The lowest BCUT2D eigenvalue weighted by Gasteiger charge is -2.18. The first-order valence-electron chi connectivity index (χ1n) is 4.63. The molecular formula is C10H14BF4I. The summed E-state index contributed by atoms with van der Waals surface area (Å²) in [5.41, 5.74) is 1.68. The van der Waals surface area contributed by atoms with Crippen LogP contribution in [0.25, 0.3) is 0 Å². The second-order valence-corrected chi connectivity index (χ2v) is 5.50. The summed E-state index contributed by atoms with van der Waals surface area (Å²) >= 11 is 2.32. The van der Waals surface area contributed by atoms with Crippen molar-refractivity contribution in [1.82, 2.24) is 0 Å². The third-order valence-electron chi connectivity index (χ3n) is 1.71. The molecule has 0 heterocycles. The van der Waals surface area contributed by atoms with Gasteiger partial charge in [0.25, 0.3) is 0 Å². The van der Waals surface area contributed by atoms with Crippen molar-refractivity contribution in [3.63, 3.8) is 0 Å². The summed E-state index contributed by atoms with van der Waals surface area (Å²) in [6.07, 6.45) is 0. The van der Waals surface area contributed by atoms with E-state index in [9.17, 15) is 17.3 Å². The Hall–Kier alpha value is -0.265. The van der Waals surface area contributed by atoms with Crippen molar-refractivity contribution in [2.24, 2.45) is 0 Å². The summed E-state index contributed by atoms with van der Waals surface area (Å²) in [5, 5.41) is 0. The van der Waals surface area contributed by atoms with Crippen molar-refractivity contribution in [2.45, 2.75) is 26.2 Å². The van der Waals surface area contributed by atoms with Crippen LogP contribution in [0.3, 0.4) is 0 Å². The molecule has 0 nitrogen and oxygen atoms in total. The molecule has 0 atom stereocenters. The fourth-order valence-corrected chi connectivity index (χ4v) is 1.31. The molecule has 0 N–H and O–H groups in total. The van der Waals surface area contributed by atoms with Gasteiger partial charge in [-0.15, -0.1) is 0 Å². The minimum Gasteiger partial charge on any atom is -0.418 e. The molecule has 0 fully saturated rings. The van der Waals surface area contributed by atoms with Crippen LogP contribution in [-0.4, -0.2) is 7.25 Å². The van der Waals surface area contributed by atoms with Gasteiger partial charge >= 0.3 is 8.68 Å². The maximum atomic E-state index is 9.75. The van der Waals surface area contributed by atoms with E-state index in [0.29, 0.717) is 0 Å². The molecule has 0 radical (unpaired) electrons. The Bertz CT molecular complexity index is 313. The average molecular weight is 348 g/mol. The van der Waals surface area contributed by atoms with Gasteiger partial charge in [-0.3, -0.25) is 0 Å². The smallest absolute Gasteiger partial charge is 0.418 e. The van der Waals surface area contributed by atoms with Crippen molar-refractivity contribution < 1.29 is 18.7 Å². The molecule has 92 valence electrons. The molecule has 0 aliphatic carbocycles. The van der Waals surface area contributed by atoms with Gasteiger partial charge in [0.2, 0.25) is 0 Å².